The molecule has 0 unspecified atom stereocenters. The standard InChI is InChI=1S/C22H26Cl2O/c1-25-14-2-3-16-4-6-17(7-5-16)18-8-10-19(11-9-18)20-12-13-21(23)22(24)15-20/h8-13,15-17H,2-7,14H2,1H3/t16-,17-. The van der Waals surface area contributed by atoms with E-state index < -0.39 is 0 Å². The van der Waals surface area contributed by atoms with Gasteiger partial charge in [-0.3, -0.25) is 0 Å². The molecule has 0 bridgehead atoms. The van der Waals surface area contributed by atoms with E-state index in [1.807, 2.05) is 18.2 Å². The first-order valence-corrected chi connectivity index (χ1v) is 9.97. The lowest BCUT2D eigenvalue weighted by atomic mass is 9.77. The van der Waals surface area contributed by atoms with Gasteiger partial charge in [-0.2, -0.15) is 0 Å². The van der Waals surface area contributed by atoms with Crippen molar-refractivity contribution < 1.29 is 4.74 Å². The Hall–Kier alpha value is -1.02. The van der Waals surface area contributed by atoms with E-state index >= 15 is 0 Å². The van der Waals surface area contributed by atoms with E-state index in [1.165, 1.54) is 49.7 Å². The number of ether oxygens (including phenoxy) is 1. The fourth-order valence-electron chi connectivity index (χ4n) is 3.92. The Morgan fingerprint density at radius 2 is 1.56 bits per heavy atom. The van der Waals surface area contributed by atoms with Crippen LogP contribution in [0, 0.1) is 5.92 Å². The van der Waals surface area contributed by atoms with Crippen LogP contribution in [-0.2, 0) is 4.74 Å². The maximum atomic E-state index is 6.14. The maximum Gasteiger partial charge on any atom is 0.0598 e. The minimum absolute atomic E-state index is 0.601. The second kappa shape index (κ2) is 9.07. The summed E-state index contributed by atoms with van der Waals surface area (Å²) in [5.74, 6) is 1.60. The molecule has 1 aliphatic rings. The second-order valence-corrected chi connectivity index (χ2v) is 7.92. The molecule has 0 aliphatic heterocycles. The van der Waals surface area contributed by atoms with Crippen LogP contribution in [0.1, 0.15) is 50.0 Å². The SMILES string of the molecule is COCCC[C@H]1CC[C@H](c2ccc(-c3ccc(Cl)c(Cl)c3)cc2)CC1. The summed E-state index contributed by atoms with van der Waals surface area (Å²) in [7, 11) is 1.79. The lowest BCUT2D eigenvalue weighted by Crippen LogP contribution is -2.13. The molecule has 2 aromatic carbocycles. The molecule has 134 valence electrons. The molecular formula is C22H26Cl2O. The molecule has 0 saturated heterocycles. The van der Waals surface area contributed by atoms with E-state index in [0.29, 0.717) is 16.0 Å². The summed E-state index contributed by atoms with van der Waals surface area (Å²) in [5, 5.41) is 1.21. The zero-order chi connectivity index (χ0) is 17.6. The average Bonchev–Trinajstić information content (AvgIpc) is 2.65. The van der Waals surface area contributed by atoms with E-state index in [9.17, 15) is 0 Å². The Morgan fingerprint density at radius 1 is 0.880 bits per heavy atom. The van der Waals surface area contributed by atoms with Gasteiger partial charge >= 0.3 is 0 Å². The molecule has 3 heteroatoms. The first-order chi connectivity index (χ1) is 12.2. The minimum atomic E-state index is 0.601. The maximum absolute atomic E-state index is 6.14. The highest BCUT2D eigenvalue weighted by Gasteiger charge is 2.22. The van der Waals surface area contributed by atoms with Crippen LogP contribution < -0.4 is 0 Å². The van der Waals surface area contributed by atoms with E-state index in [4.69, 9.17) is 27.9 Å². The van der Waals surface area contributed by atoms with Crippen molar-refractivity contribution in [1.29, 1.82) is 0 Å². The van der Waals surface area contributed by atoms with Crippen molar-refractivity contribution in [1.82, 2.24) is 0 Å². The first-order valence-electron chi connectivity index (χ1n) is 9.21. The van der Waals surface area contributed by atoms with E-state index in [2.05, 4.69) is 24.3 Å². The zero-order valence-electron chi connectivity index (χ0n) is 14.8. The van der Waals surface area contributed by atoms with Crippen LogP contribution in [0.3, 0.4) is 0 Å². The van der Waals surface area contributed by atoms with E-state index in [0.717, 1.165) is 18.1 Å². The lowest BCUT2D eigenvalue weighted by Gasteiger charge is -2.29. The molecular weight excluding hydrogens is 351 g/mol. The molecule has 0 atom stereocenters. The van der Waals surface area contributed by atoms with Crippen LogP contribution in [0.2, 0.25) is 10.0 Å². The van der Waals surface area contributed by atoms with Gasteiger partial charge in [-0.1, -0.05) is 53.5 Å². The second-order valence-electron chi connectivity index (χ2n) is 7.10. The third kappa shape index (κ3) is 5.00. The fourth-order valence-corrected chi connectivity index (χ4v) is 4.22. The topological polar surface area (TPSA) is 9.23 Å². The summed E-state index contributed by atoms with van der Waals surface area (Å²) in [6.45, 7) is 0.899. The van der Waals surface area contributed by atoms with Gasteiger partial charge in [0, 0.05) is 13.7 Å². The minimum Gasteiger partial charge on any atom is -0.385 e. The number of hydrogen-bond donors (Lipinski definition) is 0. The lowest BCUT2D eigenvalue weighted by molar-refractivity contribution is 0.180. The van der Waals surface area contributed by atoms with Gasteiger partial charge in [0.25, 0.3) is 0 Å². The van der Waals surface area contributed by atoms with Crippen molar-refractivity contribution in [3.8, 4) is 11.1 Å². The van der Waals surface area contributed by atoms with Gasteiger partial charge in [0.1, 0.15) is 0 Å². The summed E-state index contributed by atoms with van der Waals surface area (Å²) < 4.78 is 5.17. The normalized spacial score (nSPS) is 20.6. The fraction of sp³-hybridized carbons (Fsp3) is 0.455. The first kappa shape index (κ1) is 18.8. The predicted molar refractivity (Wildman–Crippen MR) is 108 cm³/mol. The molecule has 1 fully saturated rings. The van der Waals surface area contributed by atoms with Crippen LogP contribution in [0.25, 0.3) is 11.1 Å². The average molecular weight is 377 g/mol. The Bertz CT molecular complexity index is 673. The van der Waals surface area contributed by atoms with Gasteiger partial charge in [-0.05, 0) is 79.2 Å². The van der Waals surface area contributed by atoms with Crippen LogP contribution >= 0.6 is 23.2 Å². The molecule has 0 amide bonds. The van der Waals surface area contributed by atoms with Crippen molar-refractivity contribution in [3.63, 3.8) is 0 Å². The highest BCUT2D eigenvalue weighted by atomic mass is 35.5. The third-order valence-electron chi connectivity index (χ3n) is 5.44. The van der Waals surface area contributed by atoms with Gasteiger partial charge in [-0.25, -0.2) is 0 Å². The molecule has 0 heterocycles. The highest BCUT2D eigenvalue weighted by Crippen LogP contribution is 2.38. The number of halogens is 2. The molecule has 0 aromatic heterocycles. The largest absolute Gasteiger partial charge is 0.385 e. The van der Waals surface area contributed by atoms with Gasteiger partial charge in [0.05, 0.1) is 10.0 Å². The molecule has 1 saturated carbocycles. The van der Waals surface area contributed by atoms with Crippen LogP contribution in [-0.4, -0.2) is 13.7 Å². The van der Waals surface area contributed by atoms with Crippen LogP contribution in [0.15, 0.2) is 42.5 Å². The Balaban J connectivity index is 1.59. The quantitative estimate of drug-likeness (QED) is 0.478. The Morgan fingerprint density at radius 3 is 2.20 bits per heavy atom. The summed E-state index contributed by atoms with van der Waals surface area (Å²) in [4.78, 5) is 0. The summed E-state index contributed by atoms with van der Waals surface area (Å²) >= 11 is 12.1. The number of benzene rings is 2. The molecule has 1 aliphatic carbocycles. The molecule has 25 heavy (non-hydrogen) atoms. The van der Waals surface area contributed by atoms with Gasteiger partial charge in [0.2, 0.25) is 0 Å². The molecule has 0 spiro atoms. The molecule has 0 N–H and O–H groups in total. The van der Waals surface area contributed by atoms with Crippen LogP contribution in [0.4, 0.5) is 0 Å². The molecule has 1 nitrogen and oxygen atoms in total. The van der Waals surface area contributed by atoms with E-state index in [-0.39, 0.29) is 0 Å². The molecule has 2 aromatic rings. The summed E-state index contributed by atoms with van der Waals surface area (Å²) in [6, 6.07) is 14.8. The number of methoxy groups -OCH3 is 1. The summed E-state index contributed by atoms with van der Waals surface area (Å²) in [5.41, 5.74) is 3.78. The van der Waals surface area contributed by atoms with E-state index in [1.54, 1.807) is 7.11 Å². The monoisotopic (exact) mass is 376 g/mol. The molecule has 0 radical (unpaired) electrons. The van der Waals surface area contributed by atoms with Gasteiger partial charge in [-0.15, -0.1) is 0 Å². The van der Waals surface area contributed by atoms with Crippen molar-refractivity contribution in [2.75, 3.05) is 13.7 Å². The predicted octanol–water partition coefficient (Wildman–Crippen LogP) is 7.36. The van der Waals surface area contributed by atoms with Crippen LogP contribution in [0.5, 0.6) is 0 Å². The Kier molecular flexibility index (Phi) is 6.81. The smallest absolute Gasteiger partial charge is 0.0598 e. The summed E-state index contributed by atoms with van der Waals surface area (Å²) in [6.07, 6.45) is 7.83. The van der Waals surface area contributed by atoms with Crippen molar-refractivity contribution in [2.24, 2.45) is 5.92 Å². The number of rotatable bonds is 6. The third-order valence-corrected chi connectivity index (χ3v) is 6.18. The number of hydrogen-bond acceptors (Lipinski definition) is 1. The van der Waals surface area contributed by atoms with Crippen molar-refractivity contribution in [3.05, 3.63) is 58.1 Å². The zero-order valence-corrected chi connectivity index (χ0v) is 16.3. The molecule has 3 rings (SSSR count). The highest BCUT2D eigenvalue weighted by molar-refractivity contribution is 6.42. The van der Waals surface area contributed by atoms with Crippen molar-refractivity contribution in [2.45, 2.75) is 44.4 Å². The Labute approximate surface area is 161 Å². The van der Waals surface area contributed by atoms with Gasteiger partial charge in [0.15, 0.2) is 0 Å². The van der Waals surface area contributed by atoms with Crippen molar-refractivity contribution >= 4 is 23.2 Å². The van der Waals surface area contributed by atoms with Gasteiger partial charge < -0.3 is 4.74 Å².